The molecule has 1 fully saturated rings. The molecular weight excluding hydrogens is 365 g/mol. The Balaban J connectivity index is 1.33. The fourth-order valence-electron chi connectivity index (χ4n) is 3.29. The van der Waals surface area contributed by atoms with Gasteiger partial charge in [0, 0.05) is 44.3 Å². The quantitative estimate of drug-likeness (QED) is 0.737. The molecule has 1 heterocycles. The molecule has 0 aromatic heterocycles. The Morgan fingerprint density at radius 2 is 1.74 bits per heavy atom. The minimum absolute atomic E-state index is 0.0360. The maximum Gasteiger partial charge on any atom is 0.254 e. The van der Waals surface area contributed by atoms with Gasteiger partial charge in [0.05, 0.1) is 5.56 Å². The van der Waals surface area contributed by atoms with Gasteiger partial charge in [-0.3, -0.25) is 9.69 Å². The highest BCUT2D eigenvalue weighted by Crippen LogP contribution is 2.14. The van der Waals surface area contributed by atoms with Gasteiger partial charge in [-0.1, -0.05) is 41.9 Å². The van der Waals surface area contributed by atoms with Crippen LogP contribution < -0.4 is 5.32 Å². The van der Waals surface area contributed by atoms with Gasteiger partial charge in [-0.25, -0.2) is 4.39 Å². The number of nitrogens with zero attached hydrogens (tertiary/aromatic N) is 2. The highest BCUT2D eigenvalue weighted by atomic mass is 35.5. The molecule has 0 saturated carbocycles. The predicted molar refractivity (Wildman–Crippen MR) is 107 cm³/mol. The lowest BCUT2D eigenvalue weighted by atomic mass is 10.2. The lowest BCUT2D eigenvalue weighted by molar-refractivity contribution is 0.0943. The van der Waals surface area contributed by atoms with E-state index in [9.17, 15) is 9.18 Å². The number of carbonyl (C=O) groups excluding carboxylic acids is 1. The number of carbonyl (C=O) groups is 1. The van der Waals surface area contributed by atoms with Gasteiger partial charge in [0.25, 0.3) is 5.91 Å². The third-order valence-electron chi connectivity index (χ3n) is 4.83. The third kappa shape index (κ3) is 6.03. The second-order valence-electron chi connectivity index (χ2n) is 6.84. The summed E-state index contributed by atoms with van der Waals surface area (Å²) >= 11 is 5.71. The van der Waals surface area contributed by atoms with Crippen molar-refractivity contribution in [2.45, 2.75) is 13.0 Å². The summed E-state index contributed by atoms with van der Waals surface area (Å²) in [6, 6.07) is 14.6. The van der Waals surface area contributed by atoms with Crippen LogP contribution in [0, 0.1) is 5.82 Å². The highest BCUT2D eigenvalue weighted by molar-refractivity contribution is 6.30. The van der Waals surface area contributed by atoms with E-state index in [1.54, 1.807) is 0 Å². The van der Waals surface area contributed by atoms with E-state index in [-0.39, 0.29) is 10.6 Å². The molecule has 1 saturated heterocycles. The molecule has 0 aliphatic carbocycles. The fraction of sp³-hybridized carbons (Fsp3) is 0.381. The Labute approximate surface area is 164 Å². The molecule has 1 amide bonds. The molecule has 6 heteroatoms. The molecule has 0 unspecified atom stereocenters. The summed E-state index contributed by atoms with van der Waals surface area (Å²) < 4.78 is 13.7. The molecule has 0 radical (unpaired) electrons. The summed E-state index contributed by atoms with van der Waals surface area (Å²) in [5.41, 5.74) is 1.39. The molecule has 0 bridgehead atoms. The largest absolute Gasteiger partial charge is 0.352 e. The van der Waals surface area contributed by atoms with Crippen LogP contribution in [0.1, 0.15) is 22.3 Å². The first-order valence-electron chi connectivity index (χ1n) is 9.34. The first-order chi connectivity index (χ1) is 13.1. The molecule has 0 spiro atoms. The average molecular weight is 390 g/mol. The van der Waals surface area contributed by atoms with E-state index in [0.717, 1.165) is 51.8 Å². The Morgan fingerprint density at radius 1 is 1.04 bits per heavy atom. The van der Waals surface area contributed by atoms with E-state index in [2.05, 4.69) is 39.4 Å². The van der Waals surface area contributed by atoms with Crippen molar-refractivity contribution in [3.63, 3.8) is 0 Å². The maximum atomic E-state index is 13.7. The molecule has 1 aliphatic rings. The van der Waals surface area contributed by atoms with Crippen molar-refractivity contribution in [2.24, 2.45) is 0 Å². The smallest absolute Gasteiger partial charge is 0.254 e. The van der Waals surface area contributed by atoms with Crippen molar-refractivity contribution in [1.82, 2.24) is 15.1 Å². The van der Waals surface area contributed by atoms with Crippen LogP contribution in [0.3, 0.4) is 0 Å². The van der Waals surface area contributed by atoms with Crippen LogP contribution in [-0.2, 0) is 6.54 Å². The number of benzene rings is 2. The zero-order valence-electron chi connectivity index (χ0n) is 15.3. The Bertz CT molecular complexity index is 748. The summed E-state index contributed by atoms with van der Waals surface area (Å²) in [4.78, 5) is 16.9. The third-order valence-corrected chi connectivity index (χ3v) is 5.06. The minimum Gasteiger partial charge on any atom is -0.352 e. The molecule has 2 aromatic carbocycles. The summed E-state index contributed by atoms with van der Waals surface area (Å²) in [7, 11) is 0. The van der Waals surface area contributed by atoms with E-state index in [1.165, 1.54) is 17.7 Å². The van der Waals surface area contributed by atoms with E-state index in [4.69, 9.17) is 11.6 Å². The average Bonchev–Trinajstić information content (AvgIpc) is 2.67. The van der Waals surface area contributed by atoms with Crippen molar-refractivity contribution in [1.29, 1.82) is 0 Å². The van der Waals surface area contributed by atoms with E-state index < -0.39 is 11.7 Å². The SMILES string of the molecule is O=C(NCCCN1CCN(Cc2ccccc2)CC1)c1ccc(Cl)cc1F. The molecule has 27 heavy (non-hydrogen) atoms. The second-order valence-corrected chi connectivity index (χ2v) is 7.27. The van der Waals surface area contributed by atoms with Crippen molar-refractivity contribution < 1.29 is 9.18 Å². The zero-order valence-corrected chi connectivity index (χ0v) is 16.1. The Morgan fingerprint density at radius 3 is 2.44 bits per heavy atom. The molecule has 2 aromatic rings. The summed E-state index contributed by atoms with van der Waals surface area (Å²) in [5, 5.41) is 3.07. The van der Waals surface area contributed by atoms with Crippen LogP contribution in [0.15, 0.2) is 48.5 Å². The van der Waals surface area contributed by atoms with Gasteiger partial charge in [0.15, 0.2) is 0 Å². The van der Waals surface area contributed by atoms with Gasteiger partial charge >= 0.3 is 0 Å². The van der Waals surface area contributed by atoms with Gasteiger partial charge in [0.2, 0.25) is 0 Å². The number of nitrogens with one attached hydrogen (secondary N) is 1. The van der Waals surface area contributed by atoms with E-state index in [0.29, 0.717) is 6.54 Å². The van der Waals surface area contributed by atoms with Crippen molar-refractivity contribution in [3.8, 4) is 0 Å². The van der Waals surface area contributed by atoms with Crippen molar-refractivity contribution in [3.05, 3.63) is 70.5 Å². The van der Waals surface area contributed by atoms with E-state index >= 15 is 0 Å². The van der Waals surface area contributed by atoms with Crippen molar-refractivity contribution >= 4 is 17.5 Å². The zero-order chi connectivity index (χ0) is 19.1. The molecule has 144 valence electrons. The fourth-order valence-corrected chi connectivity index (χ4v) is 3.44. The highest BCUT2D eigenvalue weighted by Gasteiger charge is 2.17. The standard InChI is InChI=1S/C21H25ClFN3O/c22-18-7-8-19(20(23)15-18)21(27)24-9-4-10-25-11-13-26(14-12-25)16-17-5-2-1-3-6-17/h1-3,5-8,15H,4,9-14,16H2,(H,24,27). The van der Waals surface area contributed by atoms with Gasteiger partial charge in [-0.15, -0.1) is 0 Å². The molecule has 1 aliphatic heterocycles. The second kappa shape index (κ2) is 9.83. The number of hydrogen-bond acceptors (Lipinski definition) is 3. The monoisotopic (exact) mass is 389 g/mol. The molecular formula is C21H25ClFN3O. The summed E-state index contributed by atoms with van der Waals surface area (Å²) in [5.74, 6) is -0.980. The van der Waals surface area contributed by atoms with Crippen LogP contribution in [0.25, 0.3) is 0 Å². The molecule has 0 atom stereocenters. The van der Waals surface area contributed by atoms with Crippen LogP contribution in [0.5, 0.6) is 0 Å². The number of rotatable bonds is 7. The van der Waals surface area contributed by atoms with Gasteiger partial charge in [0.1, 0.15) is 5.82 Å². The maximum absolute atomic E-state index is 13.7. The summed E-state index contributed by atoms with van der Waals surface area (Å²) in [6.07, 6.45) is 0.847. The van der Waals surface area contributed by atoms with Crippen LogP contribution in [0.2, 0.25) is 5.02 Å². The Kier molecular flexibility index (Phi) is 7.21. The van der Waals surface area contributed by atoms with Crippen LogP contribution >= 0.6 is 11.6 Å². The lowest BCUT2D eigenvalue weighted by Crippen LogP contribution is -2.46. The van der Waals surface area contributed by atoms with Gasteiger partial charge in [-0.2, -0.15) is 0 Å². The predicted octanol–water partition coefficient (Wildman–Crippen LogP) is 3.42. The number of piperazine rings is 1. The topological polar surface area (TPSA) is 35.6 Å². The van der Waals surface area contributed by atoms with Gasteiger partial charge < -0.3 is 10.2 Å². The number of amides is 1. The number of halogens is 2. The summed E-state index contributed by atoms with van der Waals surface area (Å²) in [6.45, 7) is 6.64. The van der Waals surface area contributed by atoms with Crippen LogP contribution in [0.4, 0.5) is 4.39 Å². The van der Waals surface area contributed by atoms with Gasteiger partial charge in [-0.05, 0) is 36.7 Å². The van der Waals surface area contributed by atoms with Crippen LogP contribution in [-0.4, -0.2) is 55.0 Å². The molecule has 4 nitrogen and oxygen atoms in total. The lowest BCUT2D eigenvalue weighted by Gasteiger charge is -2.34. The minimum atomic E-state index is -0.588. The molecule has 1 N–H and O–H groups in total. The normalized spacial score (nSPS) is 15.6. The first-order valence-corrected chi connectivity index (χ1v) is 9.71. The number of hydrogen-bond donors (Lipinski definition) is 1. The Hall–Kier alpha value is -1.95. The molecule has 3 rings (SSSR count). The first kappa shape index (κ1) is 19.8. The van der Waals surface area contributed by atoms with E-state index in [1.807, 2.05) is 6.07 Å². The van der Waals surface area contributed by atoms with Crippen molar-refractivity contribution in [2.75, 3.05) is 39.3 Å².